The first-order valence-electron chi connectivity index (χ1n) is 4.91. The van der Waals surface area contributed by atoms with Crippen LogP contribution in [0.3, 0.4) is 0 Å². The average Bonchev–Trinajstić information content (AvgIpc) is 1.77. The van der Waals surface area contributed by atoms with E-state index in [0.717, 1.165) is 0 Å². The van der Waals surface area contributed by atoms with Gasteiger partial charge in [-0.1, -0.05) is 27.7 Å². The van der Waals surface area contributed by atoms with Gasteiger partial charge in [-0.25, -0.2) is 0 Å². The molecule has 0 fully saturated rings. The van der Waals surface area contributed by atoms with Gasteiger partial charge in [-0.15, -0.1) is 0 Å². The normalized spacial score (nSPS) is 12.3. The van der Waals surface area contributed by atoms with E-state index in [9.17, 15) is 14.4 Å². The van der Waals surface area contributed by atoms with Gasteiger partial charge in [-0.05, 0) is 24.7 Å². The molecule has 0 aliphatic carbocycles. The molecule has 0 saturated carbocycles. The van der Waals surface area contributed by atoms with Crippen molar-refractivity contribution < 1.29 is 18.9 Å². The number of hydrogen-bond acceptors (Lipinski definition) is 4. The molecule has 4 nitrogen and oxygen atoms in total. The first kappa shape index (κ1) is 18.2. The minimum atomic E-state index is -4.83. The Morgan fingerprint density at radius 3 is 1.60 bits per heavy atom. The summed E-state index contributed by atoms with van der Waals surface area (Å²) >= 11 is 0. The molecule has 0 saturated heterocycles. The van der Waals surface area contributed by atoms with Crippen LogP contribution in [-0.4, -0.2) is 29.2 Å². The second-order valence-electron chi connectivity index (χ2n) is 4.43. The van der Waals surface area contributed by atoms with Crippen LogP contribution in [0.2, 0.25) is 0 Å². The Hall–Kier alpha value is 0.876. The number of phosphoric ester groups is 1. The van der Waals surface area contributed by atoms with Crippen LogP contribution in [0.1, 0.15) is 40.5 Å². The van der Waals surface area contributed by atoms with Crippen molar-refractivity contribution in [2.75, 3.05) is 0 Å². The van der Waals surface area contributed by atoms with Crippen molar-refractivity contribution >= 4 is 30.9 Å². The molecule has 6 heteroatoms. The summed E-state index contributed by atoms with van der Waals surface area (Å²) in [6.07, 6.45) is 0.745. The zero-order valence-corrected chi connectivity index (χ0v) is 12.2. The average molecular weight is 247 g/mol. The molecule has 0 unspecified atom stereocenters. The third-order valence-corrected chi connectivity index (χ3v) is 2.30. The van der Waals surface area contributed by atoms with Gasteiger partial charge in [0.1, 0.15) is 0 Å². The first-order chi connectivity index (χ1) is 6.20. The predicted octanol–water partition coefficient (Wildman–Crippen LogP) is 0.912. The van der Waals surface area contributed by atoms with Gasteiger partial charge < -0.3 is 18.9 Å². The van der Waals surface area contributed by atoms with E-state index < -0.39 is 13.9 Å². The van der Waals surface area contributed by atoms with E-state index in [1.54, 1.807) is 0 Å². The molecule has 0 atom stereocenters. The molecule has 86 valence electrons. The van der Waals surface area contributed by atoms with E-state index in [-0.39, 0.29) is 23.1 Å². The van der Waals surface area contributed by atoms with E-state index in [4.69, 9.17) is 0 Å². The number of phosphoric acid groups is 1. The summed E-state index contributed by atoms with van der Waals surface area (Å²) in [4.78, 5) is 20.9. The van der Waals surface area contributed by atoms with Crippen LogP contribution in [0.15, 0.2) is 0 Å². The van der Waals surface area contributed by atoms with Crippen molar-refractivity contribution in [2.24, 2.45) is 11.8 Å². The third-order valence-electron chi connectivity index (χ3n) is 1.75. The summed E-state index contributed by atoms with van der Waals surface area (Å²) in [6, 6.07) is 0. The molecule has 0 aliphatic rings. The van der Waals surface area contributed by atoms with Crippen LogP contribution in [0.5, 0.6) is 0 Å². The summed E-state index contributed by atoms with van der Waals surface area (Å²) in [7, 11) is -4.83. The van der Waals surface area contributed by atoms with Crippen LogP contribution in [0, 0.1) is 11.8 Å². The minimum absolute atomic E-state index is 0. The number of hydrogen-bond donors (Lipinski definition) is 0. The first-order valence-corrected chi connectivity index (χ1v) is 6.37. The monoisotopic (exact) mass is 246 g/mol. The summed E-state index contributed by atoms with van der Waals surface area (Å²) in [5.74, 6) is 0.649. The van der Waals surface area contributed by atoms with Crippen LogP contribution < -0.4 is 9.79 Å². The fourth-order valence-electron chi connectivity index (χ4n) is 1.42. The van der Waals surface area contributed by atoms with Gasteiger partial charge in [0, 0.05) is 0 Å². The van der Waals surface area contributed by atoms with Gasteiger partial charge in [-0.3, -0.25) is 0 Å². The van der Waals surface area contributed by atoms with Gasteiger partial charge in [0.15, 0.2) is 0 Å². The van der Waals surface area contributed by atoms with Crippen LogP contribution in [0.25, 0.3) is 0 Å². The Bertz CT molecular complexity index is 192. The topological polar surface area (TPSA) is 72.4 Å². The molecule has 0 aliphatic heterocycles. The van der Waals surface area contributed by atoms with Crippen molar-refractivity contribution in [1.82, 2.24) is 0 Å². The Labute approximate surface area is 108 Å². The molecule has 0 aromatic heterocycles. The summed E-state index contributed by atoms with van der Waals surface area (Å²) < 4.78 is 15.0. The molecule has 0 rings (SSSR count). The van der Waals surface area contributed by atoms with Crippen LogP contribution in [0.4, 0.5) is 0 Å². The van der Waals surface area contributed by atoms with Crippen molar-refractivity contribution in [1.29, 1.82) is 0 Å². The molecule has 0 amide bonds. The SMILES string of the molecule is CC(C)CC(CC(C)C)OP(=O)([O-])[O-].[Mg+2]. The van der Waals surface area contributed by atoms with Gasteiger partial charge in [0.25, 0.3) is 0 Å². The van der Waals surface area contributed by atoms with E-state index in [1.165, 1.54) is 0 Å². The maximum absolute atomic E-state index is 10.5. The van der Waals surface area contributed by atoms with Gasteiger partial charge in [-0.2, -0.15) is 0 Å². The molecular formula is C9H19MgO4P. The van der Waals surface area contributed by atoms with Crippen molar-refractivity contribution in [3.63, 3.8) is 0 Å². The van der Waals surface area contributed by atoms with Gasteiger partial charge in [0.2, 0.25) is 0 Å². The third kappa shape index (κ3) is 12.8. The minimum Gasteiger partial charge on any atom is -0.790 e. The molecule has 0 radical (unpaired) electrons. The quantitative estimate of drug-likeness (QED) is 0.516. The zero-order chi connectivity index (χ0) is 11.4. The zero-order valence-electron chi connectivity index (χ0n) is 9.93. The maximum atomic E-state index is 10.5. The summed E-state index contributed by atoms with van der Waals surface area (Å²) in [6.45, 7) is 7.88. The van der Waals surface area contributed by atoms with E-state index in [2.05, 4.69) is 4.52 Å². The molecule has 0 aromatic rings. The smallest absolute Gasteiger partial charge is 0.790 e. The van der Waals surface area contributed by atoms with E-state index >= 15 is 0 Å². The predicted molar refractivity (Wildman–Crippen MR) is 57.1 cm³/mol. The second-order valence-corrected chi connectivity index (χ2v) is 5.54. The Kier molecular flexibility index (Phi) is 9.78. The van der Waals surface area contributed by atoms with Crippen molar-refractivity contribution in [3.05, 3.63) is 0 Å². The summed E-state index contributed by atoms with van der Waals surface area (Å²) in [5.41, 5.74) is 0. The fourth-order valence-corrected chi connectivity index (χ4v) is 1.95. The Balaban J connectivity index is 0. The van der Waals surface area contributed by atoms with Crippen molar-refractivity contribution in [2.45, 2.75) is 46.6 Å². The molecule has 0 aromatic carbocycles. The number of rotatable bonds is 6. The molecule has 15 heavy (non-hydrogen) atoms. The van der Waals surface area contributed by atoms with Crippen LogP contribution >= 0.6 is 7.82 Å². The molecule has 0 bridgehead atoms. The molecule has 0 N–H and O–H groups in total. The maximum Gasteiger partial charge on any atom is 2.00 e. The second kappa shape index (κ2) is 8.04. The van der Waals surface area contributed by atoms with Gasteiger partial charge >= 0.3 is 23.1 Å². The Morgan fingerprint density at radius 2 is 1.40 bits per heavy atom. The fraction of sp³-hybridized carbons (Fsp3) is 1.00. The molecule has 0 spiro atoms. The largest absolute Gasteiger partial charge is 2.00 e. The molecule has 0 heterocycles. The molecular weight excluding hydrogens is 227 g/mol. The van der Waals surface area contributed by atoms with E-state index in [0.29, 0.717) is 24.7 Å². The van der Waals surface area contributed by atoms with E-state index in [1.807, 2.05) is 27.7 Å². The Morgan fingerprint density at radius 1 is 1.07 bits per heavy atom. The standard InChI is InChI=1S/C9H21O4P.Mg/c1-7(2)5-9(6-8(3)4)13-14(10,11)12;/h7-9H,5-6H2,1-4H3,(H2,10,11,12);/q;+2/p-2. The summed E-state index contributed by atoms with van der Waals surface area (Å²) in [5, 5.41) is 0. The van der Waals surface area contributed by atoms with Gasteiger partial charge in [0.05, 0.1) is 13.9 Å². The van der Waals surface area contributed by atoms with Crippen LogP contribution in [-0.2, 0) is 9.09 Å². The van der Waals surface area contributed by atoms with Crippen molar-refractivity contribution in [3.8, 4) is 0 Å².